The average Bonchev–Trinajstić information content (AvgIpc) is 3.01. The molecule has 27 heavy (non-hydrogen) atoms. The molecule has 0 amide bonds. The van der Waals surface area contributed by atoms with Gasteiger partial charge >= 0.3 is 7.12 Å². The number of hydrogen-bond donors (Lipinski definition) is 1. The molecule has 1 aliphatic heterocycles. The number of halogens is 1. The molecule has 0 unspecified atom stereocenters. The van der Waals surface area contributed by atoms with Gasteiger partial charge in [-0.25, -0.2) is 4.68 Å². The summed E-state index contributed by atoms with van der Waals surface area (Å²) in [7, 11) is -0.450. The molecule has 1 aromatic heterocycles. The van der Waals surface area contributed by atoms with Gasteiger partial charge in [0.2, 0.25) is 0 Å². The van der Waals surface area contributed by atoms with E-state index in [0.717, 1.165) is 27.6 Å². The fourth-order valence-corrected chi connectivity index (χ4v) is 3.51. The predicted molar refractivity (Wildman–Crippen MR) is 108 cm³/mol. The standard InChI is InChI=1S/C20H22BClN2O3/c1-12-10-14(25)7-9-17(12)24-18(22)15-11-13(6-8-16(15)23-24)21-26-19(2,3)20(4,5)27-21/h6-11,25H,1-5H3. The minimum Gasteiger partial charge on any atom is -0.508 e. The molecule has 0 saturated carbocycles. The van der Waals surface area contributed by atoms with Gasteiger partial charge in [0.15, 0.2) is 0 Å². The number of rotatable bonds is 2. The Morgan fingerprint density at radius 3 is 2.33 bits per heavy atom. The van der Waals surface area contributed by atoms with E-state index in [0.29, 0.717) is 5.15 Å². The van der Waals surface area contributed by atoms with E-state index in [4.69, 9.17) is 20.9 Å². The molecule has 1 fully saturated rings. The minimum atomic E-state index is -0.450. The molecule has 5 nitrogen and oxygen atoms in total. The summed E-state index contributed by atoms with van der Waals surface area (Å²) in [5.74, 6) is 0.215. The van der Waals surface area contributed by atoms with Crippen molar-refractivity contribution in [2.24, 2.45) is 0 Å². The zero-order valence-electron chi connectivity index (χ0n) is 16.1. The molecule has 4 rings (SSSR count). The Hall–Kier alpha value is -2.02. The lowest BCUT2D eigenvalue weighted by atomic mass is 9.79. The first-order valence-corrected chi connectivity index (χ1v) is 9.31. The molecule has 1 aliphatic rings. The van der Waals surface area contributed by atoms with Crippen LogP contribution >= 0.6 is 11.6 Å². The zero-order valence-corrected chi connectivity index (χ0v) is 16.8. The summed E-state index contributed by atoms with van der Waals surface area (Å²) in [5.41, 5.74) is 2.60. The van der Waals surface area contributed by atoms with Crippen molar-refractivity contribution in [1.29, 1.82) is 0 Å². The minimum absolute atomic E-state index is 0.215. The lowest BCUT2D eigenvalue weighted by Gasteiger charge is -2.32. The second kappa shape index (κ2) is 5.99. The van der Waals surface area contributed by atoms with Gasteiger partial charge in [-0.3, -0.25) is 0 Å². The Balaban J connectivity index is 1.77. The summed E-state index contributed by atoms with van der Waals surface area (Å²) < 4.78 is 14.0. The van der Waals surface area contributed by atoms with Crippen molar-refractivity contribution in [3.63, 3.8) is 0 Å². The highest BCUT2D eigenvalue weighted by molar-refractivity contribution is 6.62. The van der Waals surface area contributed by atoms with Crippen LogP contribution in [0, 0.1) is 6.92 Å². The zero-order chi connectivity index (χ0) is 19.6. The van der Waals surface area contributed by atoms with Crippen molar-refractivity contribution < 1.29 is 14.4 Å². The third-order valence-corrected chi connectivity index (χ3v) is 5.93. The van der Waals surface area contributed by atoms with E-state index in [1.54, 1.807) is 22.9 Å². The van der Waals surface area contributed by atoms with Gasteiger partial charge in [0.1, 0.15) is 10.9 Å². The molecule has 2 aromatic carbocycles. The lowest BCUT2D eigenvalue weighted by molar-refractivity contribution is 0.00578. The smallest absolute Gasteiger partial charge is 0.494 e. The first-order chi connectivity index (χ1) is 12.6. The van der Waals surface area contributed by atoms with Crippen molar-refractivity contribution in [2.45, 2.75) is 45.8 Å². The first kappa shape index (κ1) is 18.4. The topological polar surface area (TPSA) is 56.5 Å². The van der Waals surface area contributed by atoms with Crippen LogP contribution < -0.4 is 5.46 Å². The van der Waals surface area contributed by atoms with Gasteiger partial charge in [-0.15, -0.1) is 0 Å². The number of benzene rings is 2. The normalized spacial score (nSPS) is 18.4. The average molecular weight is 385 g/mol. The van der Waals surface area contributed by atoms with Crippen molar-refractivity contribution in [2.75, 3.05) is 0 Å². The molecule has 1 saturated heterocycles. The predicted octanol–water partition coefficient (Wildman–Crippen LogP) is 3.99. The number of hydrogen-bond acceptors (Lipinski definition) is 4. The van der Waals surface area contributed by atoms with E-state index in [2.05, 4.69) is 5.10 Å². The maximum Gasteiger partial charge on any atom is 0.494 e. The van der Waals surface area contributed by atoms with Crippen molar-refractivity contribution in [3.8, 4) is 11.4 Å². The highest BCUT2D eigenvalue weighted by Gasteiger charge is 2.51. The van der Waals surface area contributed by atoms with Gasteiger partial charge in [0.05, 0.1) is 22.4 Å². The van der Waals surface area contributed by atoms with Crippen molar-refractivity contribution in [1.82, 2.24) is 9.78 Å². The monoisotopic (exact) mass is 384 g/mol. The molecule has 0 radical (unpaired) electrons. The first-order valence-electron chi connectivity index (χ1n) is 8.93. The summed E-state index contributed by atoms with van der Waals surface area (Å²) in [5, 5.41) is 15.6. The molecule has 0 aliphatic carbocycles. The Kier molecular flexibility index (Phi) is 4.07. The van der Waals surface area contributed by atoms with Gasteiger partial charge < -0.3 is 14.4 Å². The van der Waals surface area contributed by atoms with Crippen LogP contribution in [0.15, 0.2) is 36.4 Å². The van der Waals surface area contributed by atoms with Crippen LogP contribution in [0.3, 0.4) is 0 Å². The SMILES string of the molecule is Cc1cc(O)ccc1-n1nc2ccc(B3OC(C)(C)C(C)(C)O3)cc2c1Cl. The maximum absolute atomic E-state index is 9.65. The molecule has 0 spiro atoms. The fraction of sp³-hybridized carbons (Fsp3) is 0.350. The second-order valence-electron chi connectivity index (χ2n) is 8.04. The Morgan fingerprint density at radius 2 is 1.70 bits per heavy atom. The number of phenolic OH excluding ortho intramolecular Hbond substituents is 1. The van der Waals surface area contributed by atoms with Gasteiger partial charge in [-0.2, -0.15) is 5.10 Å². The van der Waals surface area contributed by atoms with Crippen LogP contribution in [0.5, 0.6) is 5.75 Å². The number of phenols is 1. The summed E-state index contributed by atoms with van der Waals surface area (Å²) in [6, 6.07) is 11.0. The van der Waals surface area contributed by atoms with Crippen LogP contribution in [0.1, 0.15) is 33.3 Å². The molecular weight excluding hydrogens is 362 g/mol. The van der Waals surface area contributed by atoms with Crippen LogP contribution in [-0.2, 0) is 9.31 Å². The molecule has 2 heterocycles. The van der Waals surface area contributed by atoms with Gasteiger partial charge in [0.25, 0.3) is 0 Å². The van der Waals surface area contributed by atoms with E-state index < -0.39 is 18.3 Å². The Labute approximate surface area is 164 Å². The van der Waals surface area contributed by atoms with Crippen LogP contribution in [0.2, 0.25) is 5.15 Å². The van der Waals surface area contributed by atoms with Gasteiger partial charge in [0, 0.05) is 5.39 Å². The molecule has 3 aromatic rings. The summed E-state index contributed by atoms with van der Waals surface area (Å²) in [4.78, 5) is 0. The Morgan fingerprint density at radius 1 is 1.04 bits per heavy atom. The van der Waals surface area contributed by atoms with E-state index in [-0.39, 0.29) is 5.75 Å². The highest BCUT2D eigenvalue weighted by atomic mass is 35.5. The Bertz CT molecular complexity index is 1030. The van der Waals surface area contributed by atoms with Crippen molar-refractivity contribution >= 4 is 35.1 Å². The summed E-state index contributed by atoms with van der Waals surface area (Å²) in [6.07, 6.45) is 0. The molecule has 140 valence electrons. The fourth-order valence-electron chi connectivity index (χ4n) is 3.23. The maximum atomic E-state index is 9.65. The van der Waals surface area contributed by atoms with Crippen molar-refractivity contribution in [3.05, 3.63) is 47.1 Å². The van der Waals surface area contributed by atoms with E-state index in [1.165, 1.54) is 0 Å². The second-order valence-corrected chi connectivity index (χ2v) is 8.40. The van der Waals surface area contributed by atoms with Gasteiger partial charge in [-0.1, -0.05) is 17.7 Å². The van der Waals surface area contributed by atoms with Crippen LogP contribution in [0.4, 0.5) is 0 Å². The van der Waals surface area contributed by atoms with Gasteiger partial charge in [-0.05, 0) is 76.0 Å². The summed E-state index contributed by atoms with van der Waals surface area (Å²) >= 11 is 6.65. The van der Waals surface area contributed by atoms with E-state index >= 15 is 0 Å². The molecule has 0 bridgehead atoms. The lowest BCUT2D eigenvalue weighted by Crippen LogP contribution is -2.41. The largest absolute Gasteiger partial charge is 0.508 e. The number of aryl methyl sites for hydroxylation is 1. The molecule has 7 heteroatoms. The summed E-state index contributed by atoms with van der Waals surface area (Å²) in [6.45, 7) is 10.0. The highest BCUT2D eigenvalue weighted by Crippen LogP contribution is 2.37. The number of aromatic nitrogens is 2. The third kappa shape index (κ3) is 2.92. The molecular formula is C20H22BClN2O3. The van der Waals surface area contributed by atoms with Crippen LogP contribution in [-0.4, -0.2) is 33.2 Å². The molecule has 0 atom stereocenters. The van der Waals surface area contributed by atoms with E-state index in [9.17, 15) is 5.11 Å². The van der Waals surface area contributed by atoms with Crippen LogP contribution in [0.25, 0.3) is 16.6 Å². The number of nitrogens with zero attached hydrogens (tertiary/aromatic N) is 2. The quantitative estimate of drug-likeness (QED) is 0.679. The number of fused-ring (bicyclic) bond motifs is 1. The van der Waals surface area contributed by atoms with E-state index in [1.807, 2.05) is 52.8 Å². The molecule has 1 N–H and O–H groups in total. The third-order valence-electron chi connectivity index (χ3n) is 5.57. The number of aromatic hydroxyl groups is 1.